The van der Waals surface area contributed by atoms with Crippen LogP contribution in [-0.4, -0.2) is 37.2 Å². The van der Waals surface area contributed by atoms with Crippen LogP contribution in [0.1, 0.15) is 290 Å². The van der Waals surface area contributed by atoms with Crippen molar-refractivity contribution in [3.8, 4) is 0 Å². The first-order valence-corrected chi connectivity index (χ1v) is 27.5. The van der Waals surface area contributed by atoms with Gasteiger partial charge in [-0.25, -0.2) is 0 Å². The number of esters is 3. The van der Waals surface area contributed by atoms with E-state index in [2.05, 4.69) is 57.2 Å². The maximum absolute atomic E-state index is 12.8. The molecule has 0 aliphatic rings. The minimum Gasteiger partial charge on any atom is -0.462 e. The molecule has 0 N–H and O–H groups in total. The molecule has 0 fully saturated rings. The minimum absolute atomic E-state index is 0.0763. The fourth-order valence-electron chi connectivity index (χ4n) is 7.96. The van der Waals surface area contributed by atoms with Gasteiger partial charge in [0.2, 0.25) is 0 Å². The molecule has 0 aliphatic heterocycles. The Balaban J connectivity index is 4.33. The van der Waals surface area contributed by atoms with Crippen LogP contribution in [0.3, 0.4) is 0 Å². The lowest BCUT2D eigenvalue weighted by Crippen LogP contribution is -2.30. The number of ether oxygens (including phenoxy) is 3. The summed E-state index contributed by atoms with van der Waals surface area (Å²) >= 11 is 0. The minimum atomic E-state index is -0.778. The second-order valence-corrected chi connectivity index (χ2v) is 18.5. The van der Waals surface area contributed by atoms with E-state index >= 15 is 0 Å². The average Bonchev–Trinajstić information content (AvgIpc) is 3.28. The monoisotopic (exact) mass is 885 g/mol. The number of hydrogen-bond acceptors (Lipinski definition) is 6. The molecule has 0 amide bonds. The normalized spacial score (nSPS) is 12.2. The lowest BCUT2D eigenvalue weighted by Gasteiger charge is -2.18. The van der Waals surface area contributed by atoms with E-state index in [1.54, 1.807) is 0 Å². The summed E-state index contributed by atoms with van der Waals surface area (Å²) in [7, 11) is 0. The predicted octanol–water partition coefficient (Wildman–Crippen LogP) is 18.1. The van der Waals surface area contributed by atoms with E-state index in [0.29, 0.717) is 19.3 Å². The Kier molecular flexibility index (Phi) is 50.3. The van der Waals surface area contributed by atoms with Crippen molar-refractivity contribution in [2.75, 3.05) is 13.2 Å². The Morgan fingerprint density at radius 2 is 0.571 bits per heavy atom. The van der Waals surface area contributed by atoms with Gasteiger partial charge in [-0.3, -0.25) is 14.4 Å². The topological polar surface area (TPSA) is 78.9 Å². The second kappa shape index (κ2) is 52.3. The molecule has 1 atom stereocenters. The van der Waals surface area contributed by atoms with Crippen LogP contribution >= 0.6 is 0 Å². The Morgan fingerprint density at radius 1 is 0.317 bits per heavy atom. The molecule has 0 aromatic heterocycles. The average molecular weight is 885 g/mol. The zero-order valence-electron chi connectivity index (χ0n) is 42.1. The molecule has 6 nitrogen and oxygen atoms in total. The predicted molar refractivity (Wildman–Crippen MR) is 270 cm³/mol. The van der Waals surface area contributed by atoms with Gasteiger partial charge >= 0.3 is 17.9 Å². The van der Waals surface area contributed by atoms with Gasteiger partial charge in [-0.05, 0) is 70.6 Å². The molecule has 0 spiro atoms. The highest BCUT2D eigenvalue weighted by Crippen LogP contribution is 2.16. The summed E-state index contributed by atoms with van der Waals surface area (Å²) < 4.78 is 16.8. The SMILES string of the molecule is CCCCC/C=C\C=C/CCCCCCCCC(=O)OC(COC(=O)CCCCCCC/C=C\CCCCC)COC(=O)CCCCCCCCCCCCCCCCCCCC. The Morgan fingerprint density at radius 3 is 0.921 bits per heavy atom. The third kappa shape index (κ3) is 50.5. The van der Waals surface area contributed by atoms with Gasteiger partial charge in [0.1, 0.15) is 13.2 Å². The third-order valence-corrected chi connectivity index (χ3v) is 12.1. The molecule has 0 bridgehead atoms. The van der Waals surface area contributed by atoms with Crippen molar-refractivity contribution in [2.24, 2.45) is 0 Å². The van der Waals surface area contributed by atoms with Gasteiger partial charge in [0.05, 0.1) is 0 Å². The molecular formula is C57H104O6. The van der Waals surface area contributed by atoms with Crippen LogP contribution < -0.4 is 0 Å². The molecular weight excluding hydrogens is 781 g/mol. The lowest BCUT2D eigenvalue weighted by molar-refractivity contribution is -0.167. The van der Waals surface area contributed by atoms with Gasteiger partial charge < -0.3 is 14.2 Å². The Bertz CT molecular complexity index is 1060. The number of rotatable bonds is 50. The number of carbonyl (C=O) groups is 3. The highest BCUT2D eigenvalue weighted by Gasteiger charge is 2.19. The van der Waals surface area contributed by atoms with Crippen LogP contribution in [-0.2, 0) is 28.6 Å². The number of hydrogen-bond donors (Lipinski definition) is 0. The van der Waals surface area contributed by atoms with Gasteiger partial charge in [0.15, 0.2) is 6.10 Å². The van der Waals surface area contributed by atoms with E-state index in [9.17, 15) is 14.4 Å². The van der Waals surface area contributed by atoms with E-state index in [1.807, 2.05) is 0 Å². The number of carbonyl (C=O) groups excluding carboxylic acids is 3. The van der Waals surface area contributed by atoms with Gasteiger partial charge in [-0.15, -0.1) is 0 Å². The van der Waals surface area contributed by atoms with Crippen LogP contribution in [0.5, 0.6) is 0 Å². The Labute approximate surface area is 391 Å². The summed E-state index contributed by atoms with van der Waals surface area (Å²) in [5.74, 6) is -0.884. The standard InChI is InChI=1S/C57H104O6/c1-4-7-10-13-16-19-22-25-27-28-29-31-32-35-38-41-44-47-50-56(59)62-53-54(52-61-55(58)49-46-43-40-37-34-24-21-18-15-12-9-6-3)63-57(60)51-48-45-42-39-36-33-30-26-23-20-17-14-11-8-5-2/h17-18,20-21,23,26,54H,4-16,19,22,24-25,27-53H2,1-3H3/b20-17-,21-18-,26-23-. The van der Waals surface area contributed by atoms with Crippen LogP contribution in [0.15, 0.2) is 36.5 Å². The molecule has 63 heavy (non-hydrogen) atoms. The van der Waals surface area contributed by atoms with Crippen LogP contribution in [0.25, 0.3) is 0 Å². The fourth-order valence-corrected chi connectivity index (χ4v) is 7.96. The lowest BCUT2D eigenvalue weighted by atomic mass is 10.0. The van der Waals surface area contributed by atoms with Crippen LogP contribution in [0, 0.1) is 0 Å². The van der Waals surface area contributed by atoms with Crippen molar-refractivity contribution in [2.45, 2.75) is 297 Å². The van der Waals surface area contributed by atoms with Crippen molar-refractivity contribution in [1.29, 1.82) is 0 Å². The van der Waals surface area contributed by atoms with E-state index in [0.717, 1.165) is 70.6 Å². The summed E-state index contributed by atoms with van der Waals surface area (Å²) in [6, 6.07) is 0. The quantitative estimate of drug-likeness (QED) is 0.0199. The first kappa shape index (κ1) is 60.6. The van der Waals surface area contributed by atoms with Crippen molar-refractivity contribution in [3.05, 3.63) is 36.5 Å². The first-order chi connectivity index (χ1) is 31.0. The van der Waals surface area contributed by atoms with E-state index in [4.69, 9.17) is 14.2 Å². The molecule has 368 valence electrons. The summed E-state index contributed by atoms with van der Waals surface area (Å²) in [5, 5.41) is 0. The summed E-state index contributed by atoms with van der Waals surface area (Å²) in [4.78, 5) is 38.0. The van der Waals surface area contributed by atoms with Gasteiger partial charge in [-0.1, -0.05) is 237 Å². The highest BCUT2D eigenvalue weighted by atomic mass is 16.6. The highest BCUT2D eigenvalue weighted by molar-refractivity contribution is 5.71. The van der Waals surface area contributed by atoms with Gasteiger partial charge in [0, 0.05) is 19.3 Å². The largest absolute Gasteiger partial charge is 0.462 e. The van der Waals surface area contributed by atoms with Gasteiger partial charge in [-0.2, -0.15) is 0 Å². The van der Waals surface area contributed by atoms with Crippen molar-refractivity contribution in [3.63, 3.8) is 0 Å². The van der Waals surface area contributed by atoms with Crippen molar-refractivity contribution < 1.29 is 28.6 Å². The van der Waals surface area contributed by atoms with Crippen LogP contribution in [0.4, 0.5) is 0 Å². The molecule has 0 saturated carbocycles. The third-order valence-electron chi connectivity index (χ3n) is 12.1. The Hall–Kier alpha value is -2.37. The van der Waals surface area contributed by atoms with Crippen molar-refractivity contribution in [1.82, 2.24) is 0 Å². The maximum atomic E-state index is 12.8. The zero-order chi connectivity index (χ0) is 45.8. The number of allylic oxidation sites excluding steroid dienone is 6. The van der Waals surface area contributed by atoms with Crippen molar-refractivity contribution >= 4 is 17.9 Å². The van der Waals surface area contributed by atoms with E-state index < -0.39 is 6.10 Å². The molecule has 0 aliphatic carbocycles. The molecule has 0 heterocycles. The van der Waals surface area contributed by atoms with Crippen LogP contribution in [0.2, 0.25) is 0 Å². The number of unbranched alkanes of at least 4 members (excludes halogenated alkanes) is 34. The molecule has 0 saturated heterocycles. The molecule has 6 heteroatoms. The zero-order valence-corrected chi connectivity index (χ0v) is 42.1. The maximum Gasteiger partial charge on any atom is 0.306 e. The first-order valence-electron chi connectivity index (χ1n) is 27.5. The molecule has 0 radical (unpaired) electrons. The molecule has 0 aromatic rings. The van der Waals surface area contributed by atoms with E-state index in [-0.39, 0.29) is 31.1 Å². The summed E-state index contributed by atoms with van der Waals surface area (Å²) in [6.45, 7) is 6.60. The molecule has 1 unspecified atom stereocenters. The van der Waals surface area contributed by atoms with E-state index in [1.165, 1.54) is 180 Å². The smallest absolute Gasteiger partial charge is 0.306 e. The molecule has 0 rings (SSSR count). The fraction of sp³-hybridized carbons (Fsp3) is 0.842. The second-order valence-electron chi connectivity index (χ2n) is 18.5. The van der Waals surface area contributed by atoms with Gasteiger partial charge in [0.25, 0.3) is 0 Å². The molecule has 0 aromatic carbocycles. The summed E-state index contributed by atoms with van der Waals surface area (Å²) in [5.41, 5.74) is 0. The summed E-state index contributed by atoms with van der Waals surface area (Å²) in [6.07, 6.45) is 61.3.